The number of ether oxygens (including phenoxy) is 2. The molecular formula is C25H28N4O4. The minimum absolute atomic E-state index is 0.0728. The average Bonchev–Trinajstić information content (AvgIpc) is 3.36. The van der Waals surface area contributed by atoms with Gasteiger partial charge in [-0.1, -0.05) is 18.2 Å². The Balaban J connectivity index is 1.28. The quantitative estimate of drug-likeness (QED) is 0.556. The van der Waals surface area contributed by atoms with Gasteiger partial charge in [-0.15, -0.1) is 0 Å². The van der Waals surface area contributed by atoms with Gasteiger partial charge in [0.05, 0.1) is 26.1 Å². The van der Waals surface area contributed by atoms with Crippen LogP contribution in [0.5, 0.6) is 11.5 Å². The third-order valence-corrected chi connectivity index (χ3v) is 5.83. The van der Waals surface area contributed by atoms with Crippen molar-refractivity contribution in [2.24, 2.45) is 0 Å². The summed E-state index contributed by atoms with van der Waals surface area (Å²) in [5.41, 5.74) is 2.56. The summed E-state index contributed by atoms with van der Waals surface area (Å²) in [6.07, 6.45) is 4.82. The summed E-state index contributed by atoms with van der Waals surface area (Å²) in [5, 5.41) is 4.39. The predicted octanol–water partition coefficient (Wildman–Crippen LogP) is 2.81. The smallest absolute Gasteiger partial charge is 0.254 e. The van der Waals surface area contributed by atoms with E-state index in [9.17, 15) is 9.59 Å². The highest BCUT2D eigenvalue weighted by atomic mass is 16.5. The number of piperazine rings is 1. The van der Waals surface area contributed by atoms with Crippen molar-refractivity contribution >= 4 is 11.8 Å². The Kier molecular flexibility index (Phi) is 6.92. The molecule has 0 spiro atoms. The molecule has 1 aliphatic rings. The number of aryl methyl sites for hydroxylation is 1. The van der Waals surface area contributed by atoms with E-state index in [0.29, 0.717) is 56.1 Å². The van der Waals surface area contributed by atoms with Crippen molar-refractivity contribution in [3.63, 3.8) is 0 Å². The molecule has 4 rings (SSSR count). The number of hydrogen-bond acceptors (Lipinski definition) is 5. The topological polar surface area (TPSA) is 76.9 Å². The highest BCUT2D eigenvalue weighted by Crippen LogP contribution is 2.28. The standard InChI is InChI=1S/C25H28N4O4/c1-32-22-10-9-20(16-23(22)33-2)25(31)28-14-12-27(13-15-28)24(30)11-8-19-17-26-29(18-19)21-6-4-3-5-7-21/h3-7,9-10,16-18H,8,11-15H2,1-2H3. The molecule has 3 aromatic rings. The fraction of sp³-hybridized carbons (Fsp3) is 0.320. The van der Waals surface area contributed by atoms with Crippen LogP contribution in [0, 0.1) is 0 Å². The molecule has 2 heterocycles. The minimum Gasteiger partial charge on any atom is -0.493 e. The van der Waals surface area contributed by atoms with E-state index in [2.05, 4.69) is 5.10 Å². The maximum absolute atomic E-state index is 12.9. The van der Waals surface area contributed by atoms with Gasteiger partial charge >= 0.3 is 0 Å². The predicted molar refractivity (Wildman–Crippen MR) is 124 cm³/mol. The Morgan fingerprint density at radius 1 is 0.909 bits per heavy atom. The van der Waals surface area contributed by atoms with Crippen molar-refractivity contribution in [3.05, 3.63) is 72.1 Å². The van der Waals surface area contributed by atoms with E-state index in [4.69, 9.17) is 9.47 Å². The lowest BCUT2D eigenvalue weighted by Crippen LogP contribution is -2.50. The van der Waals surface area contributed by atoms with Gasteiger partial charge in [-0.3, -0.25) is 9.59 Å². The second kappa shape index (κ2) is 10.2. The van der Waals surface area contributed by atoms with Crippen molar-refractivity contribution in [2.75, 3.05) is 40.4 Å². The first-order chi connectivity index (χ1) is 16.1. The highest BCUT2D eigenvalue weighted by molar-refractivity contribution is 5.95. The molecule has 0 radical (unpaired) electrons. The second-order valence-electron chi connectivity index (χ2n) is 7.87. The molecule has 0 atom stereocenters. The van der Waals surface area contributed by atoms with Gasteiger partial charge in [0.1, 0.15) is 0 Å². The van der Waals surface area contributed by atoms with Crippen LogP contribution in [0.2, 0.25) is 0 Å². The molecule has 0 bridgehead atoms. The zero-order valence-electron chi connectivity index (χ0n) is 18.9. The molecule has 2 amide bonds. The normalized spacial score (nSPS) is 13.6. The van der Waals surface area contributed by atoms with Gasteiger partial charge in [0.15, 0.2) is 11.5 Å². The molecule has 1 aliphatic heterocycles. The molecule has 8 nitrogen and oxygen atoms in total. The van der Waals surface area contributed by atoms with E-state index in [0.717, 1.165) is 11.3 Å². The average molecular weight is 449 g/mol. The van der Waals surface area contributed by atoms with E-state index < -0.39 is 0 Å². The zero-order chi connectivity index (χ0) is 23.2. The van der Waals surface area contributed by atoms with Crippen LogP contribution in [0.25, 0.3) is 5.69 Å². The van der Waals surface area contributed by atoms with Crippen LogP contribution in [-0.4, -0.2) is 71.8 Å². The Hall–Kier alpha value is -3.81. The molecule has 172 valence electrons. The van der Waals surface area contributed by atoms with E-state index >= 15 is 0 Å². The lowest BCUT2D eigenvalue weighted by Gasteiger charge is -2.35. The molecule has 2 aromatic carbocycles. The number of aromatic nitrogens is 2. The van der Waals surface area contributed by atoms with Gasteiger partial charge in [0, 0.05) is 44.4 Å². The van der Waals surface area contributed by atoms with Gasteiger partial charge in [0.25, 0.3) is 5.91 Å². The number of nitrogens with zero attached hydrogens (tertiary/aromatic N) is 4. The molecule has 1 aromatic heterocycles. The first-order valence-corrected chi connectivity index (χ1v) is 11.0. The van der Waals surface area contributed by atoms with E-state index in [1.54, 1.807) is 43.5 Å². The van der Waals surface area contributed by atoms with Crippen LogP contribution in [0.1, 0.15) is 22.3 Å². The fourth-order valence-corrected chi connectivity index (χ4v) is 3.93. The molecule has 33 heavy (non-hydrogen) atoms. The van der Waals surface area contributed by atoms with Crippen LogP contribution >= 0.6 is 0 Å². The van der Waals surface area contributed by atoms with Gasteiger partial charge in [-0.2, -0.15) is 5.10 Å². The summed E-state index contributed by atoms with van der Waals surface area (Å²) >= 11 is 0. The highest BCUT2D eigenvalue weighted by Gasteiger charge is 2.25. The number of carbonyl (C=O) groups excluding carboxylic acids is 2. The van der Waals surface area contributed by atoms with Crippen molar-refractivity contribution in [1.29, 1.82) is 0 Å². The van der Waals surface area contributed by atoms with Gasteiger partial charge in [-0.05, 0) is 42.3 Å². The SMILES string of the molecule is COc1ccc(C(=O)N2CCN(C(=O)CCc3cnn(-c4ccccc4)c3)CC2)cc1OC. The number of para-hydroxylation sites is 1. The molecular weight excluding hydrogens is 420 g/mol. The lowest BCUT2D eigenvalue weighted by atomic mass is 10.1. The molecule has 0 unspecified atom stereocenters. The number of methoxy groups -OCH3 is 2. The summed E-state index contributed by atoms with van der Waals surface area (Å²) in [7, 11) is 3.11. The summed E-state index contributed by atoms with van der Waals surface area (Å²) in [5.74, 6) is 1.13. The summed E-state index contributed by atoms with van der Waals surface area (Å²) in [6, 6.07) is 15.0. The zero-order valence-corrected chi connectivity index (χ0v) is 18.9. The van der Waals surface area contributed by atoms with Crippen LogP contribution in [-0.2, 0) is 11.2 Å². The summed E-state index contributed by atoms with van der Waals surface area (Å²) in [4.78, 5) is 29.2. The third-order valence-electron chi connectivity index (χ3n) is 5.83. The van der Waals surface area contributed by atoms with Crippen LogP contribution < -0.4 is 9.47 Å². The Morgan fingerprint density at radius 2 is 1.61 bits per heavy atom. The van der Waals surface area contributed by atoms with Gasteiger partial charge < -0.3 is 19.3 Å². The lowest BCUT2D eigenvalue weighted by molar-refractivity contribution is -0.132. The van der Waals surface area contributed by atoms with Gasteiger partial charge in [-0.25, -0.2) is 4.68 Å². The molecule has 0 aliphatic carbocycles. The monoisotopic (exact) mass is 448 g/mol. The first kappa shape index (κ1) is 22.4. The van der Waals surface area contributed by atoms with Gasteiger partial charge in [0.2, 0.25) is 5.91 Å². The van der Waals surface area contributed by atoms with Crippen LogP contribution in [0.15, 0.2) is 60.9 Å². The number of rotatable bonds is 7. The largest absolute Gasteiger partial charge is 0.493 e. The van der Waals surface area contributed by atoms with Crippen molar-refractivity contribution < 1.29 is 19.1 Å². The molecule has 1 saturated heterocycles. The first-order valence-electron chi connectivity index (χ1n) is 11.0. The molecule has 0 N–H and O–H groups in total. The maximum atomic E-state index is 12.9. The fourth-order valence-electron chi connectivity index (χ4n) is 3.93. The van der Waals surface area contributed by atoms with Crippen LogP contribution in [0.4, 0.5) is 0 Å². The number of carbonyl (C=O) groups is 2. The Bertz CT molecular complexity index is 1100. The third kappa shape index (κ3) is 5.16. The van der Waals surface area contributed by atoms with Crippen molar-refractivity contribution in [2.45, 2.75) is 12.8 Å². The maximum Gasteiger partial charge on any atom is 0.254 e. The summed E-state index contributed by atoms with van der Waals surface area (Å²) in [6.45, 7) is 2.07. The minimum atomic E-state index is -0.0728. The second-order valence-corrected chi connectivity index (χ2v) is 7.87. The van der Waals surface area contributed by atoms with E-state index in [1.807, 2.05) is 46.1 Å². The number of amides is 2. The molecule has 8 heteroatoms. The molecule has 0 saturated carbocycles. The van der Waals surface area contributed by atoms with E-state index in [-0.39, 0.29) is 11.8 Å². The summed E-state index contributed by atoms with van der Waals surface area (Å²) < 4.78 is 12.4. The Labute approximate surface area is 193 Å². The number of benzene rings is 2. The Morgan fingerprint density at radius 3 is 2.30 bits per heavy atom. The van der Waals surface area contributed by atoms with Crippen molar-refractivity contribution in [3.8, 4) is 17.2 Å². The van der Waals surface area contributed by atoms with Crippen molar-refractivity contribution in [1.82, 2.24) is 19.6 Å². The van der Waals surface area contributed by atoms with Crippen LogP contribution in [0.3, 0.4) is 0 Å². The number of hydrogen-bond donors (Lipinski definition) is 0. The van der Waals surface area contributed by atoms with E-state index in [1.165, 1.54) is 0 Å². The molecule has 1 fully saturated rings.